The van der Waals surface area contributed by atoms with Gasteiger partial charge < -0.3 is 25.1 Å². The summed E-state index contributed by atoms with van der Waals surface area (Å²) >= 11 is 0. The fourth-order valence-corrected chi connectivity index (χ4v) is 3.04. The highest BCUT2D eigenvalue weighted by atomic mass is 16.5. The zero-order valence-electron chi connectivity index (χ0n) is 16.7. The van der Waals surface area contributed by atoms with Gasteiger partial charge in [-0.1, -0.05) is 13.8 Å². The Kier molecular flexibility index (Phi) is 9.13. The number of aliphatic imine (C=N–C) groups is 1. The van der Waals surface area contributed by atoms with Crippen molar-refractivity contribution in [2.75, 3.05) is 52.5 Å². The van der Waals surface area contributed by atoms with Crippen LogP contribution in [0.15, 0.2) is 27.8 Å². The molecule has 1 aromatic heterocycles. The van der Waals surface area contributed by atoms with Crippen molar-refractivity contribution in [3.8, 4) is 0 Å². The summed E-state index contributed by atoms with van der Waals surface area (Å²) in [6.07, 6.45) is 1.49. The molecule has 0 radical (unpaired) electrons. The molecule has 1 saturated heterocycles. The lowest BCUT2D eigenvalue weighted by atomic mass is 10.0. The van der Waals surface area contributed by atoms with Gasteiger partial charge in [0.2, 0.25) is 0 Å². The quantitative estimate of drug-likeness (QED) is 0.336. The number of nitrogens with one attached hydrogen (secondary N) is 3. The third-order valence-corrected chi connectivity index (χ3v) is 4.51. The lowest BCUT2D eigenvalue weighted by Crippen LogP contribution is -2.48. The Hall–Kier alpha value is -2.06. The monoisotopic (exact) mass is 379 g/mol. The molecule has 1 fully saturated rings. The molecule has 1 aliphatic rings. The van der Waals surface area contributed by atoms with Crippen molar-refractivity contribution in [2.45, 2.75) is 26.8 Å². The number of carbonyl (C=O) groups is 1. The van der Waals surface area contributed by atoms with E-state index in [1.54, 1.807) is 12.1 Å². The maximum Gasteiger partial charge on any atom is 0.287 e. The van der Waals surface area contributed by atoms with E-state index in [1.165, 1.54) is 6.26 Å². The van der Waals surface area contributed by atoms with E-state index in [0.717, 1.165) is 45.4 Å². The lowest BCUT2D eigenvalue weighted by molar-refractivity contribution is 0.00867. The lowest BCUT2D eigenvalue weighted by Gasteiger charge is -2.36. The van der Waals surface area contributed by atoms with Gasteiger partial charge in [-0.05, 0) is 25.0 Å². The van der Waals surface area contributed by atoms with Gasteiger partial charge in [0.05, 0.1) is 26.0 Å². The molecular formula is C19H33N5O3. The highest BCUT2D eigenvalue weighted by Gasteiger charge is 2.23. The maximum atomic E-state index is 11.8. The van der Waals surface area contributed by atoms with Crippen LogP contribution in [0.25, 0.3) is 0 Å². The van der Waals surface area contributed by atoms with Gasteiger partial charge in [0.25, 0.3) is 5.91 Å². The summed E-state index contributed by atoms with van der Waals surface area (Å²) in [5, 5.41) is 9.35. The van der Waals surface area contributed by atoms with E-state index in [9.17, 15) is 4.79 Å². The number of amides is 1. The third-order valence-electron chi connectivity index (χ3n) is 4.51. The standard InChI is InChI=1S/C19H33N5O3/c1-4-20-19(22-8-7-21-18(25)17-6-5-11-27-17)23-14-16(15(2)3)24-9-12-26-13-10-24/h5-6,11,15-16H,4,7-10,12-14H2,1-3H3,(H,21,25)(H2,20,22,23). The predicted octanol–water partition coefficient (Wildman–Crippen LogP) is 0.921. The van der Waals surface area contributed by atoms with Gasteiger partial charge in [-0.25, -0.2) is 0 Å². The van der Waals surface area contributed by atoms with Gasteiger partial charge in [0.1, 0.15) is 0 Å². The highest BCUT2D eigenvalue weighted by Crippen LogP contribution is 2.13. The molecule has 0 aromatic carbocycles. The highest BCUT2D eigenvalue weighted by molar-refractivity contribution is 5.91. The molecule has 2 rings (SSSR count). The van der Waals surface area contributed by atoms with Crippen molar-refractivity contribution in [1.29, 1.82) is 0 Å². The zero-order chi connectivity index (χ0) is 19.5. The van der Waals surface area contributed by atoms with Crippen LogP contribution in [0.1, 0.15) is 31.3 Å². The largest absolute Gasteiger partial charge is 0.459 e. The molecule has 1 aromatic rings. The van der Waals surface area contributed by atoms with Crippen LogP contribution >= 0.6 is 0 Å². The predicted molar refractivity (Wildman–Crippen MR) is 106 cm³/mol. The smallest absolute Gasteiger partial charge is 0.287 e. The van der Waals surface area contributed by atoms with Crippen LogP contribution in [0.3, 0.4) is 0 Å². The van der Waals surface area contributed by atoms with Gasteiger partial charge in [-0.3, -0.25) is 14.7 Å². The Bertz CT molecular complexity index is 568. The van der Waals surface area contributed by atoms with Crippen LogP contribution in [-0.2, 0) is 4.74 Å². The minimum atomic E-state index is -0.212. The van der Waals surface area contributed by atoms with Crippen LogP contribution in [0.2, 0.25) is 0 Å². The summed E-state index contributed by atoms with van der Waals surface area (Å²) in [4.78, 5) is 19.1. The summed E-state index contributed by atoms with van der Waals surface area (Å²) in [5.41, 5.74) is 0. The van der Waals surface area contributed by atoms with Crippen molar-refractivity contribution in [3.05, 3.63) is 24.2 Å². The first-order valence-electron chi connectivity index (χ1n) is 9.77. The Morgan fingerprint density at radius 3 is 2.59 bits per heavy atom. The number of rotatable bonds is 9. The van der Waals surface area contributed by atoms with Gasteiger partial charge in [0.15, 0.2) is 11.7 Å². The van der Waals surface area contributed by atoms with E-state index in [1.807, 2.05) is 6.92 Å². The first-order valence-corrected chi connectivity index (χ1v) is 9.77. The second-order valence-electron chi connectivity index (χ2n) is 6.84. The summed E-state index contributed by atoms with van der Waals surface area (Å²) < 4.78 is 10.5. The number of hydrogen-bond acceptors (Lipinski definition) is 5. The van der Waals surface area contributed by atoms with Crippen LogP contribution in [0.4, 0.5) is 0 Å². The Morgan fingerprint density at radius 1 is 1.22 bits per heavy atom. The van der Waals surface area contributed by atoms with Gasteiger partial charge in [-0.15, -0.1) is 0 Å². The molecule has 0 spiro atoms. The number of furan rings is 1. The molecule has 0 aliphatic carbocycles. The molecule has 1 aliphatic heterocycles. The molecule has 152 valence electrons. The van der Waals surface area contributed by atoms with Crippen molar-refractivity contribution < 1.29 is 13.9 Å². The summed E-state index contributed by atoms with van der Waals surface area (Å²) in [6.45, 7) is 12.6. The molecule has 0 bridgehead atoms. The number of ether oxygens (including phenoxy) is 1. The van der Waals surface area contributed by atoms with Crippen LogP contribution in [0, 0.1) is 5.92 Å². The van der Waals surface area contributed by atoms with E-state index in [-0.39, 0.29) is 5.91 Å². The molecule has 0 saturated carbocycles. The number of morpholine rings is 1. The zero-order valence-corrected chi connectivity index (χ0v) is 16.7. The van der Waals surface area contributed by atoms with Crippen LogP contribution in [-0.4, -0.2) is 75.3 Å². The van der Waals surface area contributed by atoms with Gasteiger partial charge >= 0.3 is 0 Å². The third kappa shape index (κ3) is 7.22. The fourth-order valence-electron chi connectivity index (χ4n) is 3.04. The minimum Gasteiger partial charge on any atom is -0.459 e. The average molecular weight is 380 g/mol. The maximum absolute atomic E-state index is 11.8. The molecular weight excluding hydrogens is 346 g/mol. The normalized spacial score (nSPS) is 17.0. The number of guanidine groups is 1. The molecule has 8 heteroatoms. The number of nitrogens with zero attached hydrogens (tertiary/aromatic N) is 2. The van der Waals surface area contributed by atoms with Crippen molar-refractivity contribution in [1.82, 2.24) is 20.9 Å². The van der Waals surface area contributed by atoms with Crippen molar-refractivity contribution >= 4 is 11.9 Å². The van der Waals surface area contributed by atoms with E-state index >= 15 is 0 Å². The van der Waals surface area contributed by atoms with E-state index in [2.05, 4.69) is 34.7 Å². The molecule has 3 N–H and O–H groups in total. The molecule has 2 heterocycles. The van der Waals surface area contributed by atoms with Crippen molar-refractivity contribution in [3.63, 3.8) is 0 Å². The SMILES string of the molecule is CCNC(=NCC(C(C)C)N1CCOCC1)NCCNC(=O)c1ccco1. The van der Waals surface area contributed by atoms with Gasteiger partial charge in [-0.2, -0.15) is 0 Å². The first kappa shape index (κ1) is 21.2. The van der Waals surface area contributed by atoms with Gasteiger partial charge in [0, 0.05) is 38.8 Å². The minimum absolute atomic E-state index is 0.212. The summed E-state index contributed by atoms with van der Waals surface area (Å²) in [6, 6.07) is 3.73. The Balaban J connectivity index is 1.80. The average Bonchev–Trinajstić information content (AvgIpc) is 3.20. The summed E-state index contributed by atoms with van der Waals surface area (Å²) in [5.74, 6) is 1.39. The van der Waals surface area contributed by atoms with Crippen molar-refractivity contribution in [2.24, 2.45) is 10.9 Å². The molecule has 27 heavy (non-hydrogen) atoms. The second kappa shape index (κ2) is 11.6. The van der Waals surface area contributed by atoms with E-state index in [0.29, 0.717) is 30.8 Å². The molecule has 1 unspecified atom stereocenters. The van der Waals surface area contributed by atoms with E-state index in [4.69, 9.17) is 14.1 Å². The topological polar surface area (TPSA) is 91.1 Å². The number of hydrogen-bond donors (Lipinski definition) is 3. The molecule has 8 nitrogen and oxygen atoms in total. The van der Waals surface area contributed by atoms with Crippen LogP contribution in [0.5, 0.6) is 0 Å². The Labute approximate surface area is 161 Å². The molecule has 1 amide bonds. The van der Waals surface area contributed by atoms with Crippen LogP contribution < -0.4 is 16.0 Å². The fraction of sp³-hybridized carbons (Fsp3) is 0.684. The summed E-state index contributed by atoms with van der Waals surface area (Å²) in [7, 11) is 0. The second-order valence-corrected chi connectivity index (χ2v) is 6.84. The van der Waals surface area contributed by atoms with E-state index < -0.39 is 0 Å². The molecule has 1 atom stereocenters. The first-order chi connectivity index (χ1) is 13.1. The number of carbonyl (C=O) groups excluding carboxylic acids is 1. The Morgan fingerprint density at radius 2 is 1.96 bits per heavy atom.